The fourth-order valence-electron chi connectivity index (χ4n) is 1.85. The first kappa shape index (κ1) is 15.3. The van der Waals surface area contributed by atoms with Crippen LogP contribution in [-0.2, 0) is 4.79 Å². The van der Waals surface area contributed by atoms with E-state index >= 15 is 0 Å². The molecular formula is C17H15N3O2. The van der Waals surface area contributed by atoms with Gasteiger partial charge in [0, 0.05) is 0 Å². The molecule has 0 saturated carbocycles. The Hall–Kier alpha value is -3.13. The van der Waals surface area contributed by atoms with E-state index in [-0.39, 0.29) is 0 Å². The summed E-state index contributed by atoms with van der Waals surface area (Å²) in [6.45, 7) is 0. The van der Waals surface area contributed by atoms with E-state index in [1.807, 2.05) is 24.3 Å². The van der Waals surface area contributed by atoms with Gasteiger partial charge < -0.3 is 4.74 Å². The van der Waals surface area contributed by atoms with Crippen molar-refractivity contribution in [2.75, 3.05) is 7.11 Å². The third-order valence-electron chi connectivity index (χ3n) is 3.03. The minimum absolute atomic E-state index is 0.460. The Kier molecular flexibility index (Phi) is 5.27. The van der Waals surface area contributed by atoms with Crippen LogP contribution in [0.4, 0.5) is 0 Å². The van der Waals surface area contributed by atoms with Crippen molar-refractivity contribution in [3.05, 3.63) is 65.7 Å². The Bertz CT molecular complexity index is 688. The molecule has 0 bridgehead atoms. The number of carbonyl (C=O) groups excluding carboxylic acids is 1. The number of nitrogens with one attached hydrogen (secondary N) is 1. The molecule has 0 aliphatic carbocycles. The van der Waals surface area contributed by atoms with Crippen LogP contribution in [0.1, 0.15) is 17.0 Å². The second-order valence-electron chi connectivity index (χ2n) is 4.48. The molecular weight excluding hydrogens is 278 g/mol. The van der Waals surface area contributed by atoms with Crippen molar-refractivity contribution < 1.29 is 9.53 Å². The highest BCUT2D eigenvalue weighted by atomic mass is 16.5. The summed E-state index contributed by atoms with van der Waals surface area (Å²) in [5, 5.41) is 13.0. The number of hydrogen-bond donors (Lipinski definition) is 1. The topological polar surface area (TPSA) is 74.5 Å². The predicted molar refractivity (Wildman–Crippen MR) is 83.5 cm³/mol. The van der Waals surface area contributed by atoms with E-state index in [2.05, 4.69) is 10.5 Å². The van der Waals surface area contributed by atoms with Gasteiger partial charge in [0.25, 0.3) is 5.91 Å². The van der Waals surface area contributed by atoms with E-state index < -0.39 is 11.8 Å². The second-order valence-corrected chi connectivity index (χ2v) is 4.48. The minimum Gasteiger partial charge on any atom is -0.497 e. The summed E-state index contributed by atoms with van der Waals surface area (Å²) in [6, 6.07) is 18.1. The van der Waals surface area contributed by atoms with Crippen LogP contribution in [0.25, 0.3) is 0 Å². The molecule has 2 aromatic rings. The lowest BCUT2D eigenvalue weighted by molar-refractivity contribution is -0.121. The average Bonchev–Trinajstić information content (AvgIpc) is 2.57. The number of nitriles is 1. The smallest absolute Gasteiger partial charge is 0.261 e. The lowest BCUT2D eigenvalue weighted by Gasteiger charge is -2.07. The van der Waals surface area contributed by atoms with Gasteiger partial charge in [0.1, 0.15) is 5.75 Å². The zero-order valence-electron chi connectivity index (χ0n) is 12.1. The van der Waals surface area contributed by atoms with Gasteiger partial charge in [0.15, 0.2) is 5.92 Å². The maximum atomic E-state index is 12.0. The first-order valence-electron chi connectivity index (χ1n) is 6.66. The number of nitrogens with zero attached hydrogens (tertiary/aromatic N) is 2. The number of methoxy groups -OCH3 is 1. The van der Waals surface area contributed by atoms with Crippen LogP contribution in [0, 0.1) is 11.3 Å². The number of benzene rings is 2. The molecule has 0 saturated heterocycles. The number of hydrogen-bond acceptors (Lipinski definition) is 4. The van der Waals surface area contributed by atoms with E-state index in [0.717, 1.165) is 11.3 Å². The van der Waals surface area contributed by atoms with Gasteiger partial charge in [0.2, 0.25) is 0 Å². The van der Waals surface area contributed by atoms with E-state index in [0.29, 0.717) is 5.56 Å². The van der Waals surface area contributed by atoms with Gasteiger partial charge in [-0.25, -0.2) is 5.43 Å². The highest BCUT2D eigenvalue weighted by Crippen LogP contribution is 2.14. The average molecular weight is 293 g/mol. The molecule has 0 radical (unpaired) electrons. The summed E-state index contributed by atoms with van der Waals surface area (Å²) >= 11 is 0. The van der Waals surface area contributed by atoms with Crippen LogP contribution in [0.15, 0.2) is 59.7 Å². The van der Waals surface area contributed by atoms with E-state index in [1.165, 1.54) is 6.21 Å². The summed E-state index contributed by atoms with van der Waals surface area (Å²) in [5.74, 6) is -0.595. The molecule has 2 rings (SSSR count). The molecule has 0 unspecified atom stereocenters. The lowest BCUT2D eigenvalue weighted by Crippen LogP contribution is -2.24. The van der Waals surface area contributed by atoms with E-state index in [9.17, 15) is 4.79 Å². The Morgan fingerprint density at radius 2 is 1.91 bits per heavy atom. The summed E-state index contributed by atoms with van der Waals surface area (Å²) in [7, 11) is 1.59. The number of ether oxygens (including phenoxy) is 1. The molecule has 0 aliphatic heterocycles. The van der Waals surface area contributed by atoms with Crippen LogP contribution < -0.4 is 10.2 Å². The van der Waals surface area contributed by atoms with Crippen molar-refractivity contribution >= 4 is 12.1 Å². The third-order valence-corrected chi connectivity index (χ3v) is 3.03. The Morgan fingerprint density at radius 1 is 1.23 bits per heavy atom. The number of hydrazone groups is 1. The van der Waals surface area contributed by atoms with Gasteiger partial charge in [-0.3, -0.25) is 4.79 Å². The van der Waals surface area contributed by atoms with E-state index in [4.69, 9.17) is 10.00 Å². The van der Waals surface area contributed by atoms with Gasteiger partial charge in [-0.2, -0.15) is 10.4 Å². The van der Waals surface area contributed by atoms with Gasteiger partial charge in [-0.1, -0.05) is 30.3 Å². The molecule has 110 valence electrons. The molecule has 2 aromatic carbocycles. The summed E-state index contributed by atoms with van der Waals surface area (Å²) < 4.78 is 5.06. The summed E-state index contributed by atoms with van der Waals surface area (Å²) in [6.07, 6.45) is 1.51. The standard InChI is InChI=1S/C17H15N3O2/c1-22-15-9-7-13(8-10-15)12-19-20-17(21)16(11-18)14-5-3-2-4-6-14/h2-10,12,16H,1H3,(H,20,21)/b19-12-/t16-/m1/s1. The summed E-state index contributed by atoms with van der Waals surface area (Å²) in [4.78, 5) is 12.0. The number of carbonyl (C=O) groups is 1. The lowest BCUT2D eigenvalue weighted by atomic mass is 10.0. The van der Waals surface area contributed by atoms with Gasteiger partial charge in [-0.15, -0.1) is 0 Å². The minimum atomic E-state index is -0.880. The highest BCUT2D eigenvalue weighted by Gasteiger charge is 2.19. The highest BCUT2D eigenvalue weighted by molar-refractivity contribution is 5.88. The first-order valence-corrected chi connectivity index (χ1v) is 6.66. The maximum absolute atomic E-state index is 12.0. The second kappa shape index (κ2) is 7.60. The Labute approximate surface area is 128 Å². The Morgan fingerprint density at radius 3 is 2.50 bits per heavy atom. The molecule has 1 N–H and O–H groups in total. The Balaban J connectivity index is 1.99. The molecule has 0 fully saturated rings. The van der Waals surface area contributed by atoms with Crippen LogP contribution in [0.3, 0.4) is 0 Å². The molecule has 0 aromatic heterocycles. The fourth-order valence-corrected chi connectivity index (χ4v) is 1.85. The monoisotopic (exact) mass is 293 g/mol. The van der Waals surface area contributed by atoms with Crippen LogP contribution in [0.2, 0.25) is 0 Å². The van der Waals surface area contributed by atoms with Crippen LogP contribution in [-0.4, -0.2) is 19.2 Å². The predicted octanol–water partition coefficient (Wildman–Crippen LogP) is 2.45. The SMILES string of the molecule is COc1ccc(/C=N\NC(=O)[C@H](C#N)c2ccccc2)cc1. The van der Waals surface area contributed by atoms with Gasteiger partial charge >= 0.3 is 0 Å². The number of amides is 1. The molecule has 22 heavy (non-hydrogen) atoms. The van der Waals surface area contributed by atoms with Crippen LogP contribution in [0.5, 0.6) is 5.75 Å². The quantitative estimate of drug-likeness (QED) is 0.679. The number of rotatable bonds is 5. The molecule has 5 heteroatoms. The molecule has 0 heterocycles. The molecule has 0 spiro atoms. The van der Waals surface area contributed by atoms with Crippen molar-refractivity contribution in [3.63, 3.8) is 0 Å². The van der Waals surface area contributed by atoms with Crippen molar-refractivity contribution in [3.8, 4) is 11.8 Å². The van der Waals surface area contributed by atoms with Crippen molar-refractivity contribution in [2.45, 2.75) is 5.92 Å². The normalized spacial score (nSPS) is 11.6. The van der Waals surface area contributed by atoms with Crippen molar-refractivity contribution in [1.29, 1.82) is 5.26 Å². The first-order chi connectivity index (χ1) is 10.7. The fraction of sp³-hybridized carbons (Fsp3) is 0.118. The van der Waals surface area contributed by atoms with Gasteiger partial charge in [-0.05, 0) is 35.4 Å². The molecule has 1 atom stereocenters. The maximum Gasteiger partial charge on any atom is 0.261 e. The third kappa shape index (κ3) is 3.93. The van der Waals surface area contributed by atoms with Gasteiger partial charge in [0.05, 0.1) is 19.4 Å². The zero-order chi connectivity index (χ0) is 15.8. The largest absolute Gasteiger partial charge is 0.497 e. The molecule has 0 aliphatic rings. The van der Waals surface area contributed by atoms with Crippen molar-refractivity contribution in [2.24, 2.45) is 5.10 Å². The molecule has 1 amide bonds. The summed E-state index contributed by atoms with van der Waals surface area (Å²) in [5.41, 5.74) is 3.84. The zero-order valence-corrected chi connectivity index (χ0v) is 12.1. The van der Waals surface area contributed by atoms with Crippen LogP contribution >= 0.6 is 0 Å². The van der Waals surface area contributed by atoms with Crippen molar-refractivity contribution in [1.82, 2.24) is 5.43 Å². The van der Waals surface area contributed by atoms with E-state index in [1.54, 1.807) is 43.5 Å². The molecule has 5 nitrogen and oxygen atoms in total.